The fourth-order valence-electron chi connectivity index (χ4n) is 12.5. The third kappa shape index (κ3) is 15.9. The van der Waals surface area contributed by atoms with Crippen LogP contribution in [0.5, 0.6) is 5.75 Å². The number of amides is 9. The summed E-state index contributed by atoms with van der Waals surface area (Å²) in [7, 11) is 0. The maximum Gasteiger partial charge on any atom is 0.246 e. The molecule has 3 saturated heterocycles. The molecular formula is C67H77FN10O10S2. The van der Waals surface area contributed by atoms with Gasteiger partial charge in [0.25, 0.3) is 0 Å². The predicted octanol–water partition coefficient (Wildman–Crippen LogP) is 5.32. The molecule has 6 aromatic rings. The molecule has 8 atom stereocenters. The number of halogens is 1. The maximum absolute atomic E-state index is 15.3. The molecule has 9 amide bonds. The van der Waals surface area contributed by atoms with Crippen LogP contribution in [0.3, 0.4) is 0 Å². The van der Waals surface area contributed by atoms with E-state index in [1.165, 1.54) is 47.9 Å². The summed E-state index contributed by atoms with van der Waals surface area (Å²) in [5.41, 5.74) is 4.53. The second-order valence-electron chi connectivity index (χ2n) is 23.7. The molecule has 1 aromatic heterocycles. The number of benzene rings is 5. The highest BCUT2D eigenvalue weighted by Crippen LogP contribution is 2.28. The molecule has 0 radical (unpaired) electrons. The number of aromatic hydroxyl groups is 1. The summed E-state index contributed by atoms with van der Waals surface area (Å²) in [6.07, 6.45) is 4.09. The molecule has 4 aliphatic rings. The number of aromatic nitrogens is 1. The van der Waals surface area contributed by atoms with Gasteiger partial charge < -0.3 is 56.7 Å². The molecule has 3 fully saturated rings. The zero-order valence-corrected chi connectivity index (χ0v) is 52.1. The largest absolute Gasteiger partial charge is 0.508 e. The number of rotatable bonds is 6. The normalized spacial score (nSPS) is 24.7. The number of phenols is 1. The third-order valence-corrected chi connectivity index (χ3v) is 19.3. The molecule has 10 rings (SSSR count). The number of H-pyrrole nitrogens is 1. The van der Waals surface area contributed by atoms with E-state index in [0.29, 0.717) is 95.8 Å². The van der Waals surface area contributed by atoms with Gasteiger partial charge in [-0.3, -0.25) is 43.2 Å². The van der Waals surface area contributed by atoms with E-state index in [4.69, 9.17) is 0 Å². The van der Waals surface area contributed by atoms with Crippen molar-refractivity contribution in [2.45, 2.75) is 138 Å². The lowest BCUT2D eigenvalue weighted by Gasteiger charge is -2.31. The number of hydrogen-bond donors (Lipinski definition) is 8. The van der Waals surface area contributed by atoms with Gasteiger partial charge in [0.2, 0.25) is 53.2 Å². The molecule has 5 aromatic carbocycles. The zero-order chi connectivity index (χ0) is 63.4. The molecule has 0 aliphatic carbocycles. The number of fused-ring (bicyclic) bond motifs is 7. The van der Waals surface area contributed by atoms with Crippen LogP contribution in [0.1, 0.15) is 86.6 Å². The van der Waals surface area contributed by atoms with E-state index in [9.17, 15) is 43.1 Å². The average molecular weight is 1270 g/mol. The van der Waals surface area contributed by atoms with Crippen molar-refractivity contribution >= 4 is 98.4 Å². The van der Waals surface area contributed by atoms with Crippen molar-refractivity contribution in [2.75, 3.05) is 37.7 Å². The molecule has 0 unspecified atom stereocenters. The van der Waals surface area contributed by atoms with Crippen molar-refractivity contribution in [3.63, 3.8) is 0 Å². The summed E-state index contributed by atoms with van der Waals surface area (Å²) in [6.45, 7) is 4.04. The fourth-order valence-corrected chi connectivity index (χ4v) is 14.2. The Balaban J connectivity index is 0.929. The smallest absolute Gasteiger partial charge is 0.246 e. The average Bonchev–Trinajstić information content (AvgIpc) is 1.65. The number of thioether (sulfide) groups is 2. The lowest BCUT2D eigenvalue weighted by atomic mass is 9.97. The van der Waals surface area contributed by atoms with Crippen molar-refractivity contribution < 1.29 is 52.6 Å². The van der Waals surface area contributed by atoms with Crippen molar-refractivity contribution in [3.05, 3.63) is 149 Å². The van der Waals surface area contributed by atoms with Crippen LogP contribution in [0.15, 0.2) is 115 Å². The van der Waals surface area contributed by atoms with Gasteiger partial charge in [-0.15, -0.1) is 0 Å². The quantitative estimate of drug-likeness (QED) is 0.105. The van der Waals surface area contributed by atoms with Gasteiger partial charge in [-0.25, -0.2) is 4.39 Å². The van der Waals surface area contributed by atoms with Crippen LogP contribution in [0, 0.1) is 5.82 Å². The molecule has 90 heavy (non-hydrogen) atoms. The third-order valence-electron chi connectivity index (χ3n) is 17.3. The van der Waals surface area contributed by atoms with Gasteiger partial charge >= 0.3 is 0 Å². The highest BCUT2D eigenvalue weighted by molar-refractivity contribution is 7.98. The summed E-state index contributed by atoms with van der Waals surface area (Å²) in [5, 5.41) is 29.4. The summed E-state index contributed by atoms with van der Waals surface area (Å²) in [4.78, 5) is 137. The Labute approximate surface area is 530 Å². The first kappa shape index (κ1) is 64.5. The van der Waals surface area contributed by atoms with Crippen molar-refractivity contribution in [2.24, 2.45) is 0 Å². The molecule has 23 heteroatoms. The van der Waals surface area contributed by atoms with Crippen LogP contribution in [-0.2, 0) is 73.9 Å². The van der Waals surface area contributed by atoms with Crippen LogP contribution in [-0.4, -0.2) is 164 Å². The molecule has 20 nitrogen and oxygen atoms in total. The Morgan fingerprint density at radius 1 is 0.522 bits per heavy atom. The van der Waals surface area contributed by atoms with E-state index in [1.807, 2.05) is 60.7 Å². The fraction of sp³-hybridized carbons (Fsp3) is 0.418. The van der Waals surface area contributed by atoms with Crippen LogP contribution in [0.2, 0.25) is 0 Å². The van der Waals surface area contributed by atoms with Gasteiger partial charge in [0.15, 0.2) is 0 Å². The van der Waals surface area contributed by atoms with Crippen LogP contribution < -0.4 is 31.9 Å². The van der Waals surface area contributed by atoms with Gasteiger partial charge in [0.1, 0.15) is 59.9 Å². The van der Waals surface area contributed by atoms with Crippen LogP contribution in [0.25, 0.3) is 21.7 Å². The Kier molecular flexibility index (Phi) is 21.5. The Hall–Kier alpha value is -8.44. The van der Waals surface area contributed by atoms with Crippen LogP contribution in [0.4, 0.5) is 4.39 Å². The van der Waals surface area contributed by atoms with Gasteiger partial charge in [0, 0.05) is 92.0 Å². The number of hydrogen-bond acceptors (Lipinski definition) is 12. The Morgan fingerprint density at radius 2 is 1.08 bits per heavy atom. The minimum Gasteiger partial charge on any atom is -0.508 e. The number of carbonyl (C=O) groups excluding carboxylic acids is 9. The van der Waals surface area contributed by atoms with E-state index >= 15 is 9.59 Å². The van der Waals surface area contributed by atoms with Gasteiger partial charge in [0.05, 0.1) is 0 Å². The summed E-state index contributed by atoms with van der Waals surface area (Å²) >= 11 is 3.26. The van der Waals surface area contributed by atoms with E-state index < -0.39 is 95.5 Å². The molecule has 0 spiro atoms. The first-order chi connectivity index (χ1) is 43.5. The second kappa shape index (κ2) is 29.9. The van der Waals surface area contributed by atoms with Crippen molar-refractivity contribution in [1.29, 1.82) is 0 Å². The van der Waals surface area contributed by atoms with Gasteiger partial charge in [-0.05, 0) is 121 Å². The molecule has 4 aliphatic heterocycles. The predicted molar refractivity (Wildman–Crippen MR) is 343 cm³/mol. The highest BCUT2D eigenvalue weighted by Gasteiger charge is 2.42. The maximum atomic E-state index is 15.3. The van der Waals surface area contributed by atoms with Crippen LogP contribution >= 0.6 is 23.5 Å². The monoisotopic (exact) mass is 1260 g/mol. The number of carbonyl (C=O) groups is 9. The van der Waals surface area contributed by atoms with Crippen molar-refractivity contribution in [1.82, 2.24) is 51.6 Å². The molecule has 8 N–H and O–H groups in total. The first-order valence-corrected chi connectivity index (χ1v) is 33.2. The minimum absolute atomic E-state index is 0.00425. The lowest BCUT2D eigenvalue weighted by molar-refractivity contribution is -0.143. The molecule has 2 bridgehead atoms. The summed E-state index contributed by atoms with van der Waals surface area (Å²) in [6, 6.07) is 22.5. The SMILES string of the molecule is C[C@@H]1NC(=O)[C@@H]2CCCN2C(=O)[C@H](Cc2c[nH]c3ccc(F)cc23)NC(=O)[C@H](Cc2cccc3ccccc23)NC(=O)[C@@H](C)NC(=O)[C@@H]2CCCN2C(=O)CCSCc2cccc(c2)CSCCNC(=O)[C@@H]2CCCN2C(=O)[C@H](Cc2ccc(O)cc2)NC1=O. The Morgan fingerprint density at radius 3 is 1.76 bits per heavy atom. The molecule has 5 heterocycles. The lowest BCUT2D eigenvalue weighted by Crippen LogP contribution is -2.60. The minimum atomic E-state index is -1.41. The van der Waals surface area contributed by atoms with E-state index in [-0.39, 0.29) is 62.8 Å². The second-order valence-corrected chi connectivity index (χ2v) is 25.9. The standard InChI is InChI=1S/C67H77FN10O10S2/c1-40-60(81)73-53(34-46-14-6-13-45-12-3-4-15-50(45)46)62(83)75-55(35-47-37-70-52-24-21-48(68)36-51(47)52)67(88)78-29-9-18-58(78)65(86)72-41(2)61(82)74-54(33-42-19-22-49(79)23-20-42)66(87)77-28-8-16-56(77)63(84)69-26-31-90-39-44-11-5-10-43(32-44)38-89-30-25-59(80)76-27-7-17-57(76)64(85)71-40/h3-6,10-15,19-24,32,36-37,40-41,53-58,70,79H,7-9,16-18,25-31,33-35,38-39H2,1-2H3,(H,69,84)(H,71,85)(H,72,86)(H,73,81)(H,74,82)(H,75,83)/t40-,41+,53+,54+,55+,56+,57+,58+/m1/s1. The van der Waals surface area contributed by atoms with Gasteiger partial charge in [-0.2, -0.15) is 23.5 Å². The van der Waals surface area contributed by atoms with E-state index in [0.717, 1.165) is 21.9 Å². The summed E-state index contributed by atoms with van der Waals surface area (Å²) in [5.74, 6) is -3.08. The number of phenolic OH excluding ortho intramolecular Hbond substituents is 1. The highest BCUT2D eigenvalue weighted by atomic mass is 32.2. The van der Waals surface area contributed by atoms with Gasteiger partial charge in [-0.1, -0.05) is 78.9 Å². The topological polar surface area (TPSA) is 272 Å². The zero-order valence-electron chi connectivity index (χ0n) is 50.5. The van der Waals surface area contributed by atoms with E-state index in [2.05, 4.69) is 43.0 Å². The molecular weight excluding hydrogens is 1190 g/mol. The molecule has 0 saturated carbocycles. The van der Waals surface area contributed by atoms with Crippen molar-refractivity contribution in [3.8, 4) is 5.75 Å². The van der Waals surface area contributed by atoms with E-state index in [1.54, 1.807) is 52.8 Å². The number of nitrogens with zero attached hydrogens (tertiary/aromatic N) is 3. The Bertz CT molecular complexity index is 3640. The number of nitrogens with one attached hydrogen (secondary N) is 7. The molecule has 474 valence electrons. The number of aromatic amines is 1. The first-order valence-electron chi connectivity index (χ1n) is 30.9. The summed E-state index contributed by atoms with van der Waals surface area (Å²) < 4.78 is 14.9.